The number of rotatable bonds is 2. The van der Waals surface area contributed by atoms with E-state index in [-0.39, 0.29) is 5.97 Å². The van der Waals surface area contributed by atoms with Crippen molar-refractivity contribution in [3.8, 4) is 0 Å². The lowest BCUT2D eigenvalue weighted by molar-refractivity contribution is -0.135. The summed E-state index contributed by atoms with van der Waals surface area (Å²) in [5.41, 5.74) is 1.67. The van der Waals surface area contributed by atoms with Gasteiger partial charge in [0.05, 0.1) is 12.2 Å². The van der Waals surface area contributed by atoms with Gasteiger partial charge in [-0.3, -0.25) is 0 Å². The van der Waals surface area contributed by atoms with Crippen LogP contribution in [0.25, 0.3) is 0 Å². The van der Waals surface area contributed by atoms with Crippen LogP contribution < -0.4 is 5.32 Å². The Hall–Kier alpha value is -1.77. The van der Waals surface area contributed by atoms with Crippen molar-refractivity contribution in [1.29, 1.82) is 0 Å². The van der Waals surface area contributed by atoms with Gasteiger partial charge in [-0.2, -0.15) is 0 Å². The maximum absolute atomic E-state index is 11.1. The molecule has 0 amide bonds. The van der Waals surface area contributed by atoms with E-state index in [9.17, 15) is 4.79 Å². The highest BCUT2D eigenvalue weighted by Gasteiger charge is 2.17. The molecule has 1 aliphatic rings. The summed E-state index contributed by atoms with van der Waals surface area (Å²) >= 11 is 0. The third-order valence-electron chi connectivity index (χ3n) is 2.05. The molecular weight excluding hydrogens is 178 g/mol. The number of ether oxygens (including phenoxy) is 1. The second-order valence-electron chi connectivity index (χ2n) is 3.07. The number of cyclic esters (lactones) is 1. The predicted octanol–water partition coefficient (Wildman–Crippen LogP) is 1.93. The first-order valence-corrected chi connectivity index (χ1v) is 4.54. The fourth-order valence-corrected chi connectivity index (χ4v) is 1.28. The van der Waals surface area contributed by atoms with Crippen LogP contribution in [0.15, 0.2) is 42.1 Å². The van der Waals surface area contributed by atoms with Crippen molar-refractivity contribution < 1.29 is 9.53 Å². The van der Waals surface area contributed by atoms with Crippen LogP contribution in [0, 0.1) is 0 Å². The Morgan fingerprint density at radius 2 is 2.07 bits per heavy atom. The summed E-state index contributed by atoms with van der Waals surface area (Å²) in [5.74, 6) is -0.214. The number of hydrogen-bond acceptors (Lipinski definition) is 3. The van der Waals surface area contributed by atoms with Gasteiger partial charge in [-0.1, -0.05) is 18.2 Å². The van der Waals surface area contributed by atoms with Crippen LogP contribution in [-0.4, -0.2) is 12.6 Å². The highest BCUT2D eigenvalue weighted by atomic mass is 16.5. The summed E-state index contributed by atoms with van der Waals surface area (Å²) in [7, 11) is 0. The fraction of sp³-hybridized carbons (Fsp3) is 0.182. The van der Waals surface area contributed by atoms with Gasteiger partial charge in [-0.25, -0.2) is 4.79 Å². The van der Waals surface area contributed by atoms with Crippen LogP contribution in [0.2, 0.25) is 0 Å². The smallest absolute Gasteiger partial charge is 0.335 e. The number of carbonyl (C=O) groups excluding carboxylic acids is 1. The highest BCUT2D eigenvalue weighted by molar-refractivity contribution is 5.90. The number of carbonyl (C=O) groups is 1. The average Bonchev–Trinajstić information content (AvgIpc) is 2.63. The molecule has 0 spiro atoms. The van der Waals surface area contributed by atoms with Gasteiger partial charge in [0.1, 0.15) is 0 Å². The van der Waals surface area contributed by atoms with Crippen LogP contribution in [0.1, 0.15) is 6.42 Å². The molecule has 3 nitrogen and oxygen atoms in total. The molecule has 0 radical (unpaired) electrons. The molecule has 1 aromatic carbocycles. The summed E-state index contributed by atoms with van der Waals surface area (Å²) < 4.78 is 4.81. The van der Waals surface area contributed by atoms with Crippen molar-refractivity contribution in [2.24, 2.45) is 0 Å². The zero-order chi connectivity index (χ0) is 9.80. The van der Waals surface area contributed by atoms with Crippen molar-refractivity contribution in [2.45, 2.75) is 6.42 Å². The van der Waals surface area contributed by atoms with Crippen LogP contribution in [0.4, 0.5) is 5.69 Å². The van der Waals surface area contributed by atoms with Crippen molar-refractivity contribution in [3.63, 3.8) is 0 Å². The highest BCUT2D eigenvalue weighted by Crippen LogP contribution is 2.13. The van der Waals surface area contributed by atoms with Gasteiger partial charge < -0.3 is 10.1 Å². The quantitative estimate of drug-likeness (QED) is 0.570. The molecule has 0 aromatic heterocycles. The molecule has 72 valence electrons. The van der Waals surface area contributed by atoms with E-state index in [4.69, 9.17) is 4.74 Å². The zero-order valence-electron chi connectivity index (χ0n) is 7.69. The SMILES string of the molecule is O=C1OCC/C1=C\Nc1ccccc1. The summed E-state index contributed by atoms with van der Waals surface area (Å²) in [6.45, 7) is 0.501. The number of para-hydroxylation sites is 1. The summed E-state index contributed by atoms with van der Waals surface area (Å²) in [6.07, 6.45) is 2.41. The summed E-state index contributed by atoms with van der Waals surface area (Å²) in [6, 6.07) is 9.71. The molecule has 0 aliphatic carbocycles. The third kappa shape index (κ3) is 1.93. The lowest BCUT2D eigenvalue weighted by atomic mass is 10.2. The Kier molecular flexibility index (Phi) is 2.49. The maximum Gasteiger partial charge on any atom is 0.335 e. The molecule has 14 heavy (non-hydrogen) atoms. The van der Waals surface area contributed by atoms with Gasteiger partial charge in [0.25, 0.3) is 0 Å². The predicted molar refractivity (Wildman–Crippen MR) is 53.7 cm³/mol. The van der Waals surface area contributed by atoms with E-state index in [1.165, 1.54) is 0 Å². The molecule has 2 rings (SSSR count). The van der Waals surface area contributed by atoms with E-state index in [1.807, 2.05) is 30.3 Å². The van der Waals surface area contributed by atoms with E-state index in [1.54, 1.807) is 6.20 Å². The molecule has 1 aromatic rings. The van der Waals surface area contributed by atoms with Gasteiger partial charge >= 0.3 is 5.97 Å². The lowest BCUT2D eigenvalue weighted by Crippen LogP contribution is -1.98. The normalized spacial score (nSPS) is 18.3. The first-order valence-electron chi connectivity index (χ1n) is 4.54. The first-order chi connectivity index (χ1) is 6.86. The van der Waals surface area contributed by atoms with E-state index < -0.39 is 0 Å². The first kappa shape index (κ1) is 8.81. The molecule has 3 heteroatoms. The second kappa shape index (κ2) is 3.96. The second-order valence-corrected chi connectivity index (χ2v) is 3.07. The topological polar surface area (TPSA) is 38.3 Å². The number of anilines is 1. The lowest BCUT2D eigenvalue weighted by Gasteiger charge is -1.99. The monoisotopic (exact) mass is 189 g/mol. The van der Waals surface area contributed by atoms with Crippen LogP contribution >= 0.6 is 0 Å². The molecule has 1 heterocycles. The van der Waals surface area contributed by atoms with Crippen molar-refractivity contribution in [2.75, 3.05) is 11.9 Å². The summed E-state index contributed by atoms with van der Waals surface area (Å²) in [5, 5.41) is 3.05. The number of hydrogen-bond donors (Lipinski definition) is 1. The minimum Gasteiger partial charge on any atom is -0.462 e. The van der Waals surface area contributed by atoms with E-state index >= 15 is 0 Å². The number of esters is 1. The molecule has 1 saturated heterocycles. The van der Waals surface area contributed by atoms with Gasteiger partial charge in [0.15, 0.2) is 0 Å². The van der Waals surface area contributed by atoms with E-state index in [0.29, 0.717) is 18.6 Å². The minimum atomic E-state index is -0.214. The zero-order valence-corrected chi connectivity index (χ0v) is 7.69. The van der Waals surface area contributed by atoms with Crippen LogP contribution in [-0.2, 0) is 9.53 Å². The van der Waals surface area contributed by atoms with Gasteiger partial charge in [-0.05, 0) is 12.1 Å². The van der Waals surface area contributed by atoms with Gasteiger partial charge in [0.2, 0.25) is 0 Å². The molecule has 0 bridgehead atoms. The summed E-state index contributed by atoms with van der Waals surface area (Å²) in [4.78, 5) is 11.1. The minimum absolute atomic E-state index is 0.214. The van der Waals surface area contributed by atoms with Crippen LogP contribution in [0.3, 0.4) is 0 Å². The molecule has 1 aliphatic heterocycles. The Bertz CT molecular complexity index is 357. The Morgan fingerprint density at radius 1 is 1.29 bits per heavy atom. The fourth-order valence-electron chi connectivity index (χ4n) is 1.28. The molecule has 1 fully saturated rings. The number of benzene rings is 1. The van der Waals surface area contributed by atoms with Gasteiger partial charge in [-0.15, -0.1) is 0 Å². The third-order valence-corrected chi connectivity index (χ3v) is 2.05. The maximum atomic E-state index is 11.1. The Balaban J connectivity index is 2.03. The molecule has 1 N–H and O–H groups in total. The van der Waals surface area contributed by atoms with Crippen molar-refractivity contribution >= 4 is 11.7 Å². The average molecular weight is 189 g/mol. The molecule has 0 unspecified atom stereocenters. The van der Waals surface area contributed by atoms with E-state index in [0.717, 1.165) is 5.69 Å². The standard InChI is InChI=1S/C11H11NO2/c13-11-9(6-7-14-11)8-12-10-4-2-1-3-5-10/h1-5,8,12H,6-7H2/b9-8+. The van der Waals surface area contributed by atoms with Crippen molar-refractivity contribution in [1.82, 2.24) is 0 Å². The molecular formula is C11H11NO2. The Morgan fingerprint density at radius 3 is 2.71 bits per heavy atom. The number of nitrogens with one attached hydrogen (secondary N) is 1. The molecule has 0 atom stereocenters. The van der Waals surface area contributed by atoms with Crippen LogP contribution in [0.5, 0.6) is 0 Å². The van der Waals surface area contributed by atoms with Gasteiger partial charge in [0, 0.05) is 18.3 Å². The van der Waals surface area contributed by atoms with E-state index in [2.05, 4.69) is 5.32 Å². The largest absolute Gasteiger partial charge is 0.462 e. The molecule has 0 saturated carbocycles. The van der Waals surface area contributed by atoms with Crippen molar-refractivity contribution in [3.05, 3.63) is 42.1 Å². The Labute approximate surface area is 82.4 Å².